The molecular weight excluding hydrogens is 208 g/mol. The molecule has 0 saturated carbocycles. The van der Waals surface area contributed by atoms with Crippen molar-refractivity contribution in [3.8, 4) is 0 Å². The number of benzene rings is 1. The number of nitrogens with two attached hydrogens (primary N) is 1. The van der Waals surface area contributed by atoms with Crippen LogP contribution < -0.4 is 5.73 Å². The first-order valence-corrected chi connectivity index (χ1v) is 5.23. The number of nitrogen functional groups attached to an aromatic ring is 1. The van der Waals surface area contributed by atoms with E-state index in [1.165, 1.54) is 0 Å². The molecule has 0 saturated heterocycles. The van der Waals surface area contributed by atoms with Crippen molar-refractivity contribution in [2.75, 3.05) is 19.3 Å². The number of hydrogen-bond acceptors (Lipinski definition) is 2. The second-order valence-electron chi connectivity index (χ2n) is 3.99. The van der Waals surface area contributed by atoms with Crippen molar-refractivity contribution in [3.63, 3.8) is 0 Å². The minimum atomic E-state index is 0.622. The molecule has 0 heterocycles. The zero-order valence-electron chi connectivity index (χ0n) is 9.26. The second kappa shape index (κ2) is 5.19. The largest absolute Gasteiger partial charge is 0.398 e. The highest BCUT2D eigenvalue weighted by atomic mass is 35.5. The van der Waals surface area contributed by atoms with Gasteiger partial charge in [-0.3, -0.25) is 4.90 Å². The third-order valence-corrected chi connectivity index (χ3v) is 2.38. The third-order valence-electron chi connectivity index (χ3n) is 2.06. The summed E-state index contributed by atoms with van der Waals surface area (Å²) in [5, 5.41) is 0.622. The fourth-order valence-corrected chi connectivity index (χ4v) is 1.70. The molecule has 0 amide bonds. The first-order valence-electron chi connectivity index (χ1n) is 4.86. The summed E-state index contributed by atoms with van der Waals surface area (Å²) in [6, 6.07) is 5.74. The molecule has 1 aromatic carbocycles. The van der Waals surface area contributed by atoms with E-state index in [9.17, 15) is 0 Å². The van der Waals surface area contributed by atoms with Crippen LogP contribution in [0.15, 0.2) is 30.4 Å². The van der Waals surface area contributed by atoms with Gasteiger partial charge in [0, 0.05) is 13.1 Å². The molecule has 1 aromatic rings. The Balaban J connectivity index is 2.64. The normalized spacial score (nSPS) is 10.7. The maximum atomic E-state index is 5.94. The van der Waals surface area contributed by atoms with Crippen LogP contribution >= 0.6 is 11.6 Å². The predicted octanol–water partition coefficient (Wildman–Crippen LogP) is 2.93. The van der Waals surface area contributed by atoms with Gasteiger partial charge in [-0.05, 0) is 31.7 Å². The molecule has 0 aromatic heterocycles. The van der Waals surface area contributed by atoms with Gasteiger partial charge in [0.25, 0.3) is 0 Å². The topological polar surface area (TPSA) is 29.3 Å². The van der Waals surface area contributed by atoms with Crippen LogP contribution in [0.4, 0.5) is 5.69 Å². The van der Waals surface area contributed by atoms with Crippen molar-refractivity contribution >= 4 is 17.3 Å². The summed E-state index contributed by atoms with van der Waals surface area (Å²) < 4.78 is 0. The Hall–Kier alpha value is -0.990. The molecule has 0 bridgehead atoms. The summed E-state index contributed by atoms with van der Waals surface area (Å²) in [6.45, 7) is 7.65. The van der Waals surface area contributed by atoms with Crippen LogP contribution in [0.2, 0.25) is 5.02 Å². The van der Waals surface area contributed by atoms with Crippen LogP contribution in [-0.4, -0.2) is 18.5 Å². The van der Waals surface area contributed by atoms with E-state index in [-0.39, 0.29) is 0 Å². The SMILES string of the molecule is C=C(C)CN(C)Cc1ccc(N)c(Cl)c1. The summed E-state index contributed by atoms with van der Waals surface area (Å²) in [5.41, 5.74) is 8.58. The monoisotopic (exact) mass is 224 g/mol. The smallest absolute Gasteiger partial charge is 0.0638 e. The van der Waals surface area contributed by atoms with Crippen molar-refractivity contribution < 1.29 is 0 Å². The molecule has 0 aliphatic rings. The van der Waals surface area contributed by atoms with Gasteiger partial charge < -0.3 is 5.73 Å². The van der Waals surface area contributed by atoms with E-state index in [1.54, 1.807) is 0 Å². The molecule has 0 unspecified atom stereocenters. The quantitative estimate of drug-likeness (QED) is 0.630. The average molecular weight is 225 g/mol. The van der Waals surface area contributed by atoms with Crippen LogP contribution in [0, 0.1) is 0 Å². The molecule has 0 aliphatic heterocycles. The van der Waals surface area contributed by atoms with Gasteiger partial charge in [0.2, 0.25) is 0 Å². The molecule has 82 valence electrons. The van der Waals surface area contributed by atoms with E-state index in [4.69, 9.17) is 17.3 Å². The van der Waals surface area contributed by atoms with E-state index < -0.39 is 0 Å². The maximum absolute atomic E-state index is 5.94. The standard InChI is InChI=1S/C12H17ClN2/c1-9(2)7-15(3)8-10-4-5-12(14)11(13)6-10/h4-6H,1,7-8,14H2,2-3H3. The number of rotatable bonds is 4. The Morgan fingerprint density at radius 2 is 2.20 bits per heavy atom. The van der Waals surface area contributed by atoms with E-state index in [1.807, 2.05) is 25.1 Å². The summed E-state index contributed by atoms with van der Waals surface area (Å²) >= 11 is 5.94. The summed E-state index contributed by atoms with van der Waals surface area (Å²) in [7, 11) is 2.05. The van der Waals surface area contributed by atoms with Gasteiger partial charge in [0.05, 0.1) is 10.7 Å². The Bertz CT molecular complexity index is 361. The molecule has 0 spiro atoms. The number of anilines is 1. The zero-order chi connectivity index (χ0) is 11.4. The number of nitrogens with zero attached hydrogens (tertiary/aromatic N) is 1. The number of hydrogen-bond donors (Lipinski definition) is 1. The molecule has 2 N–H and O–H groups in total. The van der Waals surface area contributed by atoms with Crippen molar-refractivity contribution in [1.29, 1.82) is 0 Å². The molecule has 3 heteroatoms. The molecule has 0 atom stereocenters. The molecular formula is C12H17ClN2. The molecule has 0 aliphatic carbocycles. The molecule has 0 radical (unpaired) electrons. The van der Waals surface area contributed by atoms with Gasteiger partial charge in [-0.15, -0.1) is 0 Å². The average Bonchev–Trinajstić information content (AvgIpc) is 2.10. The van der Waals surface area contributed by atoms with E-state index in [0.717, 1.165) is 24.2 Å². The number of halogens is 1. The van der Waals surface area contributed by atoms with Gasteiger partial charge in [-0.1, -0.05) is 29.8 Å². The molecule has 15 heavy (non-hydrogen) atoms. The van der Waals surface area contributed by atoms with E-state index in [2.05, 4.69) is 18.5 Å². The maximum Gasteiger partial charge on any atom is 0.0638 e. The van der Waals surface area contributed by atoms with Gasteiger partial charge in [-0.25, -0.2) is 0 Å². The van der Waals surface area contributed by atoms with Gasteiger partial charge in [-0.2, -0.15) is 0 Å². The first kappa shape index (κ1) is 12.1. The van der Waals surface area contributed by atoms with E-state index in [0.29, 0.717) is 10.7 Å². The Morgan fingerprint density at radius 1 is 1.53 bits per heavy atom. The Kier molecular flexibility index (Phi) is 4.18. The van der Waals surface area contributed by atoms with Crippen LogP contribution in [0.25, 0.3) is 0 Å². The lowest BCUT2D eigenvalue weighted by Crippen LogP contribution is -2.19. The van der Waals surface area contributed by atoms with Crippen LogP contribution in [0.5, 0.6) is 0 Å². The minimum absolute atomic E-state index is 0.622. The van der Waals surface area contributed by atoms with E-state index >= 15 is 0 Å². The van der Waals surface area contributed by atoms with Crippen molar-refractivity contribution in [2.45, 2.75) is 13.5 Å². The zero-order valence-corrected chi connectivity index (χ0v) is 10.0. The van der Waals surface area contributed by atoms with Gasteiger partial charge in [0.1, 0.15) is 0 Å². The minimum Gasteiger partial charge on any atom is -0.398 e. The third kappa shape index (κ3) is 3.94. The highest BCUT2D eigenvalue weighted by molar-refractivity contribution is 6.33. The van der Waals surface area contributed by atoms with Crippen molar-refractivity contribution in [2.24, 2.45) is 0 Å². The Morgan fingerprint density at radius 3 is 2.73 bits per heavy atom. The van der Waals surface area contributed by atoms with Crippen molar-refractivity contribution in [3.05, 3.63) is 40.9 Å². The lowest BCUT2D eigenvalue weighted by molar-refractivity contribution is 0.355. The fourth-order valence-electron chi connectivity index (χ4n) is 1.50. The van der Waals surface area contributed by atoms with Crippen molar-refractivity contribution in [1.82, 2.24) is 4.90 Å². The first-order chi connectivity index (χ1) is 6.99. The highest BCUT2D eigenvalue weighted by Crippen LogP contribution is 2.20. The summed E-state index contributed by atoms with van der Waals surface area (Å²) in [4.78, 5) is 2.18. The van der Waals surface area contributed by atoms with Gasteiger partial charge in [0.15, 0.2) is 0 Å². The Labute approximate surface area is 96.3 Å². The lowest BCUT2D eigenvalue weighted by atomic mass is 10.2. The summed E-state index contributed by atoms with van der Waals surface area (Å²) in [6.07, 6.45) is 0. The van der Waals surface area contributed by atoms with Gasteiger partial charge >= 0.3 is 0 Å². The summed E-state index contributed by atoms with van der Waals surface area (Å²) in [5.74, 6) is 0. The molecule has 1 rings (SSSR count). The molecule has 2 nitrogen and oxygen atoms in total. The van der Waals surface area contributed by atoms with Crippen LogP contribution in [-0.2, 0) is 6.54 Å². The fraction of sp³-hybridized carbons (Fsp3) is 0.333. The molecule has 0 fully saturated rings. The van der Waals surface area contributed by atoms with Crippen LogP contribution in [0.1, 0.15) is 12.5 Å². The second-order valence-corrected chi connectivity index (χ2v) is 4.39. The van der Waals surface area contributed by atoms with Crippen LogP contribution in [0.3, 0.4) is 0 Å². The predicted molar refractivity (Wildman–Crippen MR) is 67.0 cm³/mol. The lowest BCUT2D eigenvalue weighted by Gasteiger charge is -2.16. The number of likely N-dealkylation sites (N-methyl/N-ethyl adjacent to an activating group) is 1. The highest BCUT2D eigenvalue weighted by Gasteiger charge is 2.02.